The Morgan fingerprint density at radius 2 is 1.81 bits per heavy atom. The van der Waals surface area contributed by atoms with Crippen LogP contribution in [0.15, 0.2) is 24.3 Å². The molecule has 0 spiro atoms. The molecular weight excluding hydrogens is 402 g/mol. The lowest BCUT2D eigenvalue weighted by Crippen LogP contribution is -2.41. The van der Waals surface area contributed by atoms with Crippen LogP contribution in [0.25, 0.3) is 11.1 Å². The lowest BCUT2D eigenvalue weighted by Gasteiger charge is -2.32. The Morgan fingerprint density at radius 3 is 2.34 bits per heavy atom. The van der Waals surface area contributed by atoms with Gasteiger partial charge in [-0.05, 0) is 44.6 Å². The molecule has 0 saturated carbocycles. The second kappa shape index (κ2) is 9.95. The SMILES string of the molecule is COC(=O)C1CCN(C(=O)c2c(C)nc(CC(C)C)c(C#N)c2-c2ccc(C)cc2)CC1. The lowest BCUT2D eigenvalue weighted by atomic mass is 9.89. The summed E-state index contributed by atoms with van der Waals surface area (Å²) < 4.78 is 4.86. The highest BCUT2D eigenvalue weighted by Gasteiger charge is 2.32. The van der Waals surface area contributed by atoms with Crippen LogP contribution in [0.1, 0.15) is 59.6 Å². The van der Waals surface area contributed by atoms with Crippen LogP contribution in [0.3, 0.4) is 0 Å². The molecule has 1 aliphatic rings. The average Bonchev–Trinajstić information content (AvgIpc) is 2.78. The third-order valence-corrected chi connectivity index (χ3v) is 6.04. The molecule has 32 heavy (non-hydrogen) atoms. The number of benzene rings is 1. The predicted octanol–water partition coefficient (Wildman–Crippen LogP) is 4.46. The van der Waals surface area contributed by atoms with Gasteiger partial charge in [-0.25, -0.2) is 0 Å². The lowest BCUT2D eigenvalue weighted by molar-refractivity contribution is -0.146. The number of pyridine rings is 1. The molecule has 0 N–H and O–H groups in total. The molecule has 1 fully saturated rings. The van der Waals surface area contributed by atoms with E-state index < -0.39 is 0 Å². The van der Waals surface area contributed by atoms with Crippen molar-refractivity contribution in [2.75, 3.05) is 20.2 Å². The molecule has 6 heteroatoms. The highest BCUT2D eigenvalue weighted by atomic mass is 16.5. The number of rotatable bonds is 5. The predicted molar refractivity (Wildman–Crippen MR) is 123 cm³/mol. The summed E-state index contributed by atoms with van der Waals surface area (Å²) in [5.74, 6) is -0.205. The maximum Gasteiger partial charge on any atom is 0.308 e. The minimum absolute atomic E-state index is 0.138. The first-order valence-electron chi connectivity index (χ1n) is 11.1. The van der Waals surface area contributed by atoms with Crippen LogP contribution < -0.4 is 0 Å². The number of aryl methyl sites for hydroxylation is 2. The minimum atomic E-state index is -0.222. The number of aromatic nitrogens is 1. The number of piperidine rings is 1. The Morgan fingerprint density at radius 1 is 1.19 bits per heavy atom. The normalized spacial score (nSPS) is 14.3. The number of amides is 1. The smallest absolute Gasteiger partial charge is 0.308 e. The first kappa shape index (κ1) is 23.5. The number of likely N-dealkylation sites (tertiary alicyclic amines) is 1. The fraction of sp³-hybridized carbons (Fsp3) is 0.462. The Bertz CT molecular complexity index is 1040. The molecule has 0 radical (unpaired) electrons. The highest BCUT2D eigenvalue weighted by molar-refractivity contribution is 6.03. The first-order valence-corrected chi connectivity index (χ1v) is 11.1. The summed E-state index contributed by atoms with van der Waals surface area (Å²) in [6.45, 7) is 8.98. The molecule has 1 aliphatic heterocycles. The molecule has 168 valence electrons. The monoisotopic (exact) mass is 433 g/mol. The van der Waals surface area contributed by atoms with E-state index in [-0.39, 0.29) is 17.8 Å². The van der Waals surface area contributed by atoms with Crippen molar-refractivity contribution >= 4 is 11.9 Å². The molecule has 2 aromatic rings. The van der Waals surface area contributed by atoms with Crippen LogP contribution >= 0.6 is 0 Å². The van der Waals surface area contributed by atoms with E-state index in [0.717, 1.165) is 16.8 Å². The third kappa shape index (κ3) is 4.83. The van der Waals surface area contributed by atoms with E-state index in [1.165, 1.54) is 7.11 Å². The molecule has 1 aromatic heterocycles. The molecule has 1 aromatic carbocycles. The largest absolute Gasteiger partial charge is 0.469 e. The zero-order valence-corrected chi connectivity index (χ0v) is 19.6. The van der Waals surface area contributed by atoms with Gasteiger partial charge in [0.15, 0.2) is 0 Å². The molecule has 1 amide bonds. The van der Waals surface area contributed by atoms with Gasteiger partial charge in [-0.3, -0.25) is 14.6 Å². The quantitative estimate of drug-likeness (QED) is 0.650. The molecule has 0 bridgehead atoms. The minimum Gasteiger partial charge on any atom is -0.469 e. The number of carbonyl (C=O) groups is 2. The van der Waals surface area contributed by atoms with Crippen molar-refractivity contribution in [2.45, 2.75) is 47.0 Å². The zero-order chi connectivity index (χ0) is 23.4. The van der Waals surface area contributed by atoms with Crippen molar-refractivity contribution in [3.05, 3.63) is 52.3 Å². The Kier molecular flexibility index (Phi) is 7.29. The molecule has 6 nitrogen and oxygen atoms in total. The van der Waals surface area contributed by atoms with Gasteiger partial charge in [-0.15, -0.1) is 0 Å². The van der Waals surface area contributed by atoms with E-state index in [2.05, 4.69) is 19.9 Å². The number of hydrogen-bond donors (Lipinski definition) is 0. The van der Waals surface area contributed by atoms with E-state index >= 15 is 0 Å². The number of methoxy groups -OCH3 is 1. The van der Waals surface area contributed by atoms with E-state index in [0.29, 0.717) is 60.7 Å². The standard InChI is InChI=1S/C26H31N3O3/c1-16(2)14-22-21(15-27)24(19-8-6-17(3)7-9-19)23(18(4)28-22)25(30)29-12-10-20(11-13-29)26(31)32-5/h6-9,16,20H,10-14H2,1-5H3. The number of carbonyl (C=O) groups excluding carboxylic acids is 2. The van der Waals surface area contributed by atoms with E-state index in [1.54, 1.807) is 4.90 Å². The van der Waals surface area contributed by atoms with Gasteiger partial charge in [0.2, 0.25) is 0 Å². The average molecular weight is 434 g/mol. The summed E-state index contributed by atoms with van der Waals surface area (Å²) in [7, 11) is 1.39. The van der Waals surface area contributed by atoms with Gasteiger partial charge in [0.1, 0.15) is 6.07 Å². The van der Waals surface area contributed by atoms with Gasteiger partial charge >= 0.3 is 5.97 Å². The van der Waals surface area contributed by atoms with Crippen LogP contribution in [0.2, 0.25) is 0 Å². The molecule has 0 aliphatic carbocycles. The van der Waals surface area contributed by atoms with Crippen LogP contribution in [-0.2, 0) is 16.0 Å². The first-order chi connectivity index (χ1) is 15.3. The van der Waals surface area contributed by atoms with E-state index in [4.69, 9.17) is 9.72 Å². The summed E-state index contributed by atoms with van der Waals surface area (Å²) in [5.41, 5.74) is 4.94. The van der Waals surface area contributed by atoms with Crippen molar-refractivity contribution in [1.82, 2.24) is 9.88 Å². The second-order valence-corrected chi connectivity index (χ2v) is 8.93. The van der Waals surface area contributed by atoms with Crippen LogP contribution in [0.5, 0.6) is 0 Å². The molecule has 2 heterocycles. The number of esters is 1. The Hall–Kier alpha value is -3.20. The maximum absolute atomic E-state index is 13.7. The number of ether oxygens (including phenoxy) is 1. The molecule has 3 rings (SSSR count). The second-order valence-electron chi connectivity index (χ2n) is 8.93. The van der Waals surface area contributed by atoms with Crippen LogP contribution in [0.4, 0.5) is 0 Å². The Labute approximate surface area is 190 Å². The van der Waals surface area contributed by atoms with Gasteiger partial charge in [0.05, 0.1) is 35.5 Å². The molecule has 1 saturated heterocycles. The summed E-state index contributed by atoms with van der Waals surface area (Å²) in [5, 5.41) is 10.1. The maximum atomic E-state index is 13.7. The van der Waals surface area contributed by atoms with Crippen molar-refractivity contribution in [1.29, 1.82) is 5.26 Å². The van der Waals surface area contributed by atoms with Crippen molar-refractivity contribution < 1.29 is 14.3 Å². The van der Waals surface area contributed by atoms with Crippen LogP contribution in [0, 0.1) is 37.0 Å². The summed E-state index contributed by atoms with van der Waals surface area (Å²) >= 11 is 0. The summed E-state index contributed by atoms with van der Waals surface area (Å²) in [4.78, 5) is 32.0. The van der Waals surface area contributed by atoms with Crippen LogP contribution in [-0.4, -0.2) is 42.0 Å². The fourth-order valence-electron chi connectivity index (χ4n) is 4.33. The third-order valence-electron chi connectivity index (χ3n) is 6.04. The van der Waals surface area contributed by atoms with Crippen molar-refractivity contribution in [3.8, 4) is 17.2 Å². The van der Waals surface area contributed by atoms with Gasteiger partial charge < -0.3 is 9.64 Å². The van der Waals surface area contributed by atoms with E-state index in [9.17, 15) is 14.9 Å². The zero-order valence-electron chi connectivity index (χ0n) is 19.6. The van der Waals surface area contributed by atoms with Gasteiger partial charge in [-0.2, -0.15) is 5.26 Å². The topological polar surface area (TPSA) is 83.3 Å². The summed E-state index contributed by atoms with van der Waals surface area (Å²) in [6, 6.07) is 10.2. The Balaban J connectivity index is 2.09. The van der Waals surface area contributed by atoms with Gasteiger partial charge in [-0.1, -0.05) is 43.7 Å². The molecule has 0 unspecified atom stereocenters. The fourth-order valence-corrected chi connectivity index (χ4v) is 4.33. The molecule has 0 atom stereocenters. The number of hydrogen-bond acceptors (Lipinski definition) is 5. The van der Waals surface area contributed by atoms with Crippen molar-refractivity contribution in [3.63, 3.8) is 0 Å². The summed E-state index contributed by atoms with van der Waals surface area (Å²) in [6.07, 6.45) is 1.81. The highest BCUT2D eigenvalue weighted by Crippen LogP contribution is 2.34. The molecular formula is C26H31N3O3. The van der Waals surface area contributed by atoms with Gasteiger partial charge in [0, 0.05) is 18.7 Å². The van der Waals surface area contributed by atoms with Crippen molar-refractivity contribution in [2.24, 2.45) is 11.8 Å². The number of nitrogens with zero attached hydrogens (tertiary/aromatic N) is 3. The van der Waals surface area contributed by atoms with E-state index in [1.807, 2.05) is 38.1 Å². The number of nitriles is 1. The van der Waals surface area contributed by atoms with Gasteiger partial charge in [0.25, 0.3) is 5.91 Å².